The van der Waals surface area contributed by atoms with E-state index in [4.69, 9.17) is 0 Å². The summed E-state index contributed by atoms with van der Waals surface area (Å²) >= 11 is 0. The van der Waals surface area contributed by atoms with Crippen LogP contribution in [0.4, 0.5) is 4.39 Å². The fourth-order valence-electron chi connectivity index (χ4n) is 2.99. The lowest BCUT2D eigenvalue weighted by atomic mass is 9.90. The summed E-state index contributed by atoms with van der Waals surface area (Å²) in [6.07, 6.45) is 2.22. The van der Waals surface area contributed by atoms with E-state index in [0.717, 1.165) is 18.4 Å². The minimum Gasteiger partial charge on any atom is -0.336 e. The lowest BCUT2D eigenvalue weighted by molar-refractivity contribution is -0.132. The molecule has 7 heteroatoms. The van der Waals surface area contributed by atoms with Gasteiger partial charge in [-0.2, -0.15) is 0 Å². The number of benzene rings is 1. The molecule has 0 bridgehead atoms. The van der Waals surface area contributed by atoms with Crippen LogP contribution in [0.15, 0.2) is 24.3 Å². The predicted octanol–water partition coefficient (Wildman–Crippen LogP) is 1.30. The largest absolute Gasteiger partial charge is 0.336 e. The molecule has 1 N–H and O–H groups in total. The summed E-state index contributed by atoms with van der Waals surface area (Å²) < 4.78 is 38.3. The van der Waals surface area contributed by atoms with Crippen molar-refractivity contribution in [2.75, 3.05) is 19.3 Å². The van der Waals surface area contributed by atoms with Crippen LogP contribution in [0.1, 0.15) is 25.3 Å². The van der Waals surface area contributed by atoms with Gasteiger partial charge in [0.25, 0.3) is 0 Å². The molecule has 22 heavy (non-hydrogen) atoms. The lowest BCUT2D eigenvalue weighted by Gasteiger charge is -2.35. The van der Waals surface area contributed by atoms with E-state index in [1.54, 1.807) is 17.0 Å². The van der Waals surface area contributed by atoms with Gasteiger partial charge in [-0.25, -0.2) is 17.5 Å². The molecular weight excluding hydrogens is 307 g/mol. The second-order valence-corrected chi connectivity index (χ2v) is 7.84. The number of hydrogen-bond acceptors (Lipinski definition) is 3. The summed E-state index contributed by atoms with van der Waals surface area (Å²) in [6, 6.07) is 6.19. The molecular formula is C15H21FN2O3S. The number of likely N-dealkylation sites (tertiary alicyclic amines) is 1. The molecule has 1 aromatic rings. The first-order valence-corrected chi connectivity index (χ1v) is 8.87. The zero-order valence-corrected chi connectivity index (χ0v) is 13.6. The number of carbonyl (C=O) groups is 1. The number of rotatable bonds is 5. The van der Waals surface area contributed by atoms with Crippen LogP contribution in [0.25, 0.3) is 0 Å². The summed E-state index contributed by atoms with van der Waals surface area (Å²) in [6.45, 7) is 2.50. The van der Waals surface area contributed by atoms with Crippen LogP contribution < -0.4 is 4.72 Å². The molecule has 1 heterocycles. The normalized spacial score (nSPS) is 22.0. The third kappa shape index (κ3) is 3.84. The third-order valence-corrected chi connectivity index (χ3v) is 5.42. The summed E-state index contributed by atoms with van der Waals surface area (Å²) in [5, 5.41) is 0. The Labute approximate surface area is 130 Å². The maximum absolute atomic E-state index is 13.0. The molecule has 1 amide bonds. The molecule has 0 saturated carbocycles. The molecule has 1 saturated heterocycles. The van der Waals surface area contributed by atoms with Gasteiger partial charge in [-0.05, 0) is 50.9 Å². The number of nitrogens with zero attached hydrogens (tertiary/aromatic N) is 1. The molecule has 1 aliphatic rings. The first-order chi connectivity index (χ1) is 10.3. The highest BCUT2D eigenvalue weighted by Crippen LogP contribution is 2.32. The van der Waals surface area contributed by atoms with Crippen molar-refractivity contribution in [2.45, 2.75) is 31.7 Å². The molecule has 0 spiro atoms. The van der Waals surface area contributed by atoms with Gasteiger partial charge in [-0.15, -0.1) is 0 Å². The van der Waals surface area contributed by atoms with Crippen molar-refractivity contribution in [2.24, 2.45) is 0 Å². The van der Waals surface area contributed by atoms with Crippen LogP contribution in [0.5, 0.6) is 0 Å². The van der Waals surface area contributed by atoms with Crippen molar-refractivity contribution in [3.8, 4) is 0 Å². The third-order valence-electron chi connectivity index (χ3n) is 4.17. The first kappa shape index (κ1) is 16.9. The molecule has 2 rings (SSSR count). The van der Waals surface area contributed by atoms with E-state index < -0.39 is 27.2 Å². The van der Waals surface area contributed by atoms with Crippen molar-refractivity contribution in [1.82, 2.24) is 9.62 Å². The number of nitrogens with one attached hydrogen (secondary N) is 1. The monoisotopic (exact) mass is 328 g/mol. The molecule has 0 radical (unpaired) electrons. The Kier molecular flexibility index (Phi) is 4.87. The van der Waals surface area contributed by atoms with Gasteiger partial charge in [0.15, 0.2) is 0 Å². The van der Waals surface area contributed by atoms with E-state index in [-0.39, 0.29) is 5.82 Å². The van der Waals surface area contributed by atoms with E-state index in [1.807, 2.05) is 6.92 Å². The van der Waals surface area contributed by atoms with Gasteiger partial charge < -0.3 is 4.90 Å². The van der Waals surface area contributed by atoms with Crippen LogP contribution >= 0.6 is 0 Å². The van der Waals surface area contributed by atoms with Crippen LogP contribution in [-0.2, 0) is 21.2 Å². The van der Waals surface area contributed by atoms with Crippen molar-refractivity contribution in [1.29, 1.82) is 0 Å². The lowest BCUT2D eigenvalue weighted by Crippen LogP contribution is -2.49. The molecule has 1 aliphatic heterocycles. The number of sulfonamides is 1. The van der Waals surface area contributed by atoms with E-state index in [9.17, 15) is 17.6 Å². The Morgan fingerprint density at radius 3 is 2.59 bits per heavy atom. The SMILES string of the molecule is CNS(=O)(=O)CC(=O)N1CCCC1(C)Cc1ccc(F)cc1. The van der Waals surface area contributed by atoms with Crippen LogP contribution in [0, 0.1) is 5.82 Å². The van der Waals surface area contributed by atoms with Crippen molar-refractivity contribution < 1.29 is 17.6 Å². The van der Waals surface area contributed by atoms with Gasteiger partial charge in [0, 0.05) is 12.1 Å². The van der Waals surface area contributed by atoms with E-state index in [1.165, 1.54) is 19.2 Å². The first-order valence-electron chi connectivity index (χ1n) is 7.22. The Hall–Kier alpha value is -1.47. The Bertz CT molecular complexity index is 645. The van der Waals surface area contributed by atoms with Gasteiger partial charge in [-0.1, -0.05) is 12.1 Å². The van der Waals surface area contributed by atoms with Crippen LogP contribution in [-0.4, -0.2) is 44.1 Å². The second-order valence-electron chi connectivity index (χ2n) is 5.91. The molecule has 0 aliphatic carbocycles. The van der Waals surface area contributed by atoms with Gasteiger partial charge in [0.2, 0.25) is 15.9 Å². The minimum absolute atomic E-state index is 0.298. The highest BCUT2D eigenvalue weighted by atomic mass is 32.2. The number of amides is 1. The molecule has 5 nitrogen and oxygen atoms in total. The summed E-state index contributed by atoms with van der Waals surface area (Å²) in [7, 11) is -2.28. The van der Waals surface area contributed by atoms with Crippen LogP contribution in [0.2, 0.25) is 0 Å². The van der Waals surface area contributed by atoms with E-state index in [0.29, 0.717) is 13.0 Å². The Balaban J connectivity index is 2.14. The molecule has 1 fully saturated rings. The molecule has 1 unspecified atom stereocenters. The fraction of sp³-hybridized carbons (Fsp3) is 0.533. The molecule has 1 aromatic carbocycles. The van der Waals surface area contributed by atoms with Gasteiger partial charge in [0.05, 0.1) is 0 Å². The molecule has 122 valence electrons. The van der Waals surface area contributed by atoms with Gasteiger partial charge in [-0.3, -0.25) is 4.79 Å². The van der Waals surface area contributed by atoms with E-state index >= 15 is 0 Å². The average Bonchev–Trinajstić information content (AvgIpc) is 2.83. The summed E-state index contributed by atoms with van der Waals surface area (Å²) in [4.78, 5) is 14.0. The average molecular weight is 328 g/mol. The van der Waals surface area contributed by atoms with Crippen molar-refractivity contribution in [3.63, 3.8) is 0 Å². The number of hydrogen-bond donors (Lipinski definition) is 1. The summed E-state index contributed by atoms with van der Waals surface area (Å²) in [5.41, 5.74) is 0.498. The zero-order chi connectivity index (χ0) is 16.4. The fourth-order valence-corrected chi connectivity index (χ4v) is 3.61. The number of halogens is 1. The second kappa shape index (κ2) is 6.34. The van der Waals surface area contributed by atoms with E-state index in [2.05, 4.69) is 4.72 Å². The van der Waals surface area contributed by atoms with Crippen molar-refractivity contribution >= 4 is 15.9 Å². The zero-order valence-electron chi connectivity index (χ0n) is 12.8. The quantitative estimate of drug-likeness (QED) is 0.886. The number of carbonyl (C=O) groups excluding carboxylic acids is 1. The smallest absolute Gasteiger partial charge is 0.239 e. The minimum atomic E-state index is -3.58. The Morgan fingerprint density at radius 2 is 2.00 bits per heavy atom. The van der Waals surface area contributed by atoms with Gasteiger partial charge >= 0.3 is 0 Å². The highest BCUT2D eigenvalue weighted by molar-refractivity contribution is 7.90. The maximum atomic E-state index is 13.0. The topological polar surface area (TPSA) is 66.5 Å². The van der Waals surface area contributed by atoms with Crippen LogP contribution in [0.3, 0.4) is 0 Å². The molecule has 0 aromatic heterocycles. The predicted molar refractivity (Wildman–Crippen MR) is 82.3 cm³/mol. The van der Waals surface area contributed by atoms with Gasteiger partial charge in [0.1, 0.15) is 11.6 Å². The highest BCUT2D eigenvalue weighted by Gasteiger charge is 2.40. The maximum Gasteiger partial charge on any atom is 0.239 e. The van der Waals surface area contributed by atoms with Crippen molar-refractivity contribution in [3.05, 3.63) is 35.6 Å². The summed E-state index contributed by atoms with van der Waals surface area (Å²) in [5.74, 6) is -1.23. The molecule has 1 atom stereocenters. The Morgan fingerprint density at radius 1 is 1.36 bits per heavy atom. The standard InChI is InChI=1S/C15H21FN2O3S/c1-15(10-12-4-6-13(16)7-5-12)8-3-9-18(15)14(19)11-22(20,21)17-2/h4-7,17H,3,8-11H2,1-2H3.